The van der Waals surface area contributed by atoms with E-state index in [0.29, 0.717) is 27.2 Å². The Morgan fingerprint density at radius 2 is 2.08 bits per heavy atom. The van der Waals surface area contributed by atoms with Crippen molar-refractivity contribution in [2.75, 3.05) is 11.9 Å². The average molecular weight is 358 g/mol. The number of benzene rings is 2. The number of pyridine rings is 1. The van der Waals surface area contributed by atoms with E-state index in [9.17, 15) is 15.2 Å². The zero-order chi connectivity index (χ0) is 18.0. The molecule has 0 fully saturated rings. The lowest BCUT2D eigenvalue weighted by atomic mass is 9.96. The van der Waals surface area contributed by atoms with Crippen LogP contribution in [0.1, 0.15) is 12.5 Å². The first kappa shape index (κ1) is 17.1. The first-order chi connectivity index (χ1) is 11.9. The van der Waals surface area contributed by atoms with Crippen molar-refractivity contribution in [1.29, 1.82) is 0 Å². The van der Waals surface area contributed by atoms with Gasteiger partial charge in [-0.2, -0.15) is 0 Å². The van der Waals surface area contributed by atoms with Crippen LogP contribution in [0.3, 0.4) is 0 Å². The van der Waals surface area contributed by atoms with E-state index < -0.39 is 10.5 Å². The molecule has 1 heterocycles. The van der Waals surface area contributed by atoms with E-state index in [2.05, 4.69) is 10.3 Å². The lowest BCUT2D eigenvalue weighted by Gasteiger charge is -2.25. The topological polar surface area (TPSA) is 88.3 Å². The Kier molecular flexibility index (Phi) is 4.57. The molecule has 7 heteroatoms. The number of fused-ring (bicyclic) bond motifs is 1. The molecule has 0 bridgehead atoms. The molecule has 3 aromatic rings. The predicted molar refractivity (Wildman–Crippen MR) is 97.9 cm³/mol. The van der Waals surface area contributed by atoms with Gasteiger partial charge in [-0.15, -0.1) is 0 Å². The summed E-state index contributed by atoms with van der Waals surface area (Å²) in [5.41, 5.74) is 0.595. The van der Waals surface area contributed by atoms with Gasteiger partial charge in [-0.05, 0) is 42.8 Å². The summed E-state index contributed by atoms with van der Waals surface area (Å²) in [5, 5.41) is 26.0. The molecular weight excluding hydrogens is 342 g/mol. The maximum atomic E-state index is 11.2. The highest BCUT2D eigenvalue weighted by Crippen LogP contribution is 2.31. The number of halogens is 1. The lowest BCUT2D eigenvalue weighted by Crippen LogP contribution is -2.30. The van der Waals surface area contributed by atoms with Crippen molar-refractivity contribution < 1.29 is 10.0 Å². The molecule has 0 saturated carbocycles. The van der Waals surface area contributed by atoms with Crippen LogP contribution < -0.4 is 5.32 Å². The quantitative estimate of drug-likeness (QED) is 0.529. The molecule has 0 amide bonds. The van der Waals surface area contributed by atoms with Gasteiger partial charge in [0.05, 0.1) is 16.0 Å². The van der Waals surface area contributed by atoms with Crippen molar-refractivity contribution in [3.05, 3.63) is 75.4 Å². The van der Waals surface area contributed by atoms with Crippen LogP contribution in [0.5, 0.6) is 0 Å². The Balaban J connectivity index is 1.91. The number of nitro benzene ring substituents is 1. The first-order valence-corrected chi connectivity index (χ1v) is 8.01. The standard InChI is InChI=1S/C18H16ClN3O3/c1-18(23,12-4-2-5-13(19)10-12)11-21-15-7-8-16(22(24)25)14-6-3-9-20-17(14)15/h2-10,21,23H,11H2,1H3. The molecule has 3 rings (SSSR count). The van der Waals surface area contributed by atoms with Crippen molar-refractivity contribution in [2.24, 2.45) is 0 Å². The molecule has 6 nitrogen and oxygen atoms in total. The lowest BCUT2D eigenvalue weighted by molar-refractivity contribution is -0.383. The monoisotopic (exact) mass is 357 g/mol. The third-order valence-corrected chi connectivity index (χ3v) is 4.25. The molecule has 0 aliphatic rings. The smallest absolute Gasteiger partial charge is 0.278 e. The number of nitrogens with one attached hydrogen (secondary N) is 1. The number of nitro groups is 1. The van der Waals surface area contributed by atoms with Gasteiger partial charge in [-0.25, -0.2) is 0 Å². The van der Waals surface area contributed by atoms with E-state index in [1.165, 1.54) is 6.07 Å². The normalized spacial score (nSPS) is 13.4. The van der Waals surface area contributed by atoms with Crippen molar-refractivity contribution in [3.63, 3.8) is 0 Å². The fourth-order valence-corrected chi connectivity index (χ4v) is 2.84. The Bertz CT molecular complexity index is 944. The van der Waals surface area contributed by atoms with Gasteiger partial charge in [0.2, 0.25) is 0 Å². The third-order valence-electron chi connectivity index (χ3n) is 4.01. The number of hydrogen-bond acceptors (Lipinski definition) is 5. The molecule has 2 N–H and O–H groups in total. The Labute approximate surface area is 149 Å². The molecule has 0 spiro atoms. The molecule has 1 unspecified atom stereocenters. The van der Waals surface area contributed by atoms with E-state index in [1.54, 1.807) is 55.6 Å². The highest BCUT2D eigenvalue weighted by Gasteiger charge is 2.24. The van der Waals surface area contributed by atoms with Gasteiger partial charge < -0.3 is 10.4 Å². The van der Waals surface area contributed by atoms with Crippen molar-refractivity contribution in [3.8, 4) is 0 Å². The van der Waals surface area contributed by atoms with E-state index in [4.69, 9.17) is 11.6 Å². The van der Waals surface area contributed by atoms with Gasteiger partial charge in [0.15, 0.2) is 0 Å². The van der Waals surface area contributed by atoms with Crippen molar-refractivity contribution in [1.82, 2.24) is 4.98 Å². The molecule has 0 aliphatic heterocycles. The van der Waals surface area contributed by atoms with E-state index >= 15 is 0 Å². The molecule has 0 radical (unpaired) electrons. The molecule has 0 aliphatic carbocycles. The third kappa shape index (κ3) is 3.55. The largest absolute Gasteiger partial charge is 0.384 e. The van der Waals surface area contributed by atoms with Crippen LogP contribution in [0.15, 0.2) is 54.7 Å². The SMILES string of the molecule is CC(O)(CNc1ccc([N+](=O)[O-])c2cccnc12)c1cccc(Cl)c1. The molecule has 25 heavy (non-hydrogen) atoms. The van der Waals surface area contributed by atoms with Crippen molar-refractivity contribution in [2.45, 2.75) is 12.5 Å². The van der Waals surface area contributed by atoms with Crippen LogP contribution in [-0.4, -0.2) is 21.6 Å². The summed E-state index contributed by atoms with van der Waals surface area (Å²) in [6.45, 7) is 1.86. The summed E-state index contributed by atoms with van der Waals surface area (Å²) >= 11 is 5.99. The zero-order valence-corrected chi connectivity index (χ0v) is 14.2. The molecule has 1 aromatic heterocycles. The predicted octanol–water partition coefficient (Wildman–Crippen LogP) is 4.12. The summed E-state index contributed by atoms with van der Waals surface area (Å²) < 4.78 is 0. The van der Waals surface area contributed by atoms with Crippen LogP contribution in [0, 0.1) is 10.1 Å². The van der Waals surface area contributed by atoms with Crippen LogP contribution in [0.4, 0.5) is 11.4 Å². The molecule has 0 saturated heterocycles. The minimum atomic E-state index is -1.17. The highest BCUT2D eigenvalue weighted by atomic mass is 35.5. The number of nitrogens with zero attached hydrogens (tertiary/aromatic N) is 2. The van der Waals surface area contributed by atoms with Crippen LogP contribution in [-0.2, 0) is 5.60 Å². The van der Waals surface area contributed by atoms with Gasteiger partial charge in [0, 0.05) is 23.8 Å². The minimum Gasteiger partial charge on any atom is -0.384 e. The molecule has 128 valence electrons. The zero-order valence-electron chi connectivity index (χ0n) is 13.4. The van der Waals surface area contributed by atoms with E-state index in [0.717, 1.165) is 0 Å². The van der Waals surface area contributed by atoms with Gasteiger partial charge >= 0.3 is 0 Å². The van der Waals surface area contributed by atoms with Crippen LogP contribution >= 0.6 is 11.6 Å². The number of aliphatic hydroxyl groups is 1. The van der Waals surface area contributed by atoms with Gasteiger partial charge in [-0.1, -0.05) is 23.7 Å². The van der Waals surface area contributed by atoms with Crippen LogP contribution in [0.2, 0.25) is 5.02 Å². The van der Waals surface area contributed by atoms with E-state index in [-0.39, 0.29) is 12.2 Å². The molecule has 1 atom stereocenters. The molecule has 2 aromatic carbocycles. The summed E-state index contributed by atoms with van der Waals surface area (Å²) in [6, 6.07) is 13.3. The summed E-state index contributed by atoms with van der Waals surface area (Å²) in [4.78, 5) is 15.0. The van der Waals surface area contributed by atoms with Gasteiger partial charge in [-0.3, -0.25) is 15.1 Å². The maximum absolute atomic E-state index is 11.2. The highest BCUT2D eigenvalue weighted by molar-refractivity contribution is 6.30. The summed E-state index contributed by atoms with van der Waals surface area (Å²) in [7, 11) is 0. The number of anilines is 1. The second-order valence-electron chi connectivity index (χ2n) is 5.93. The van der Waals surface area contributed by atoms with Gasteiger partial charge in [0.25, 0.3) is 5.69 Å². The Morgan fingerprint density at radius 3 is 2.80 bits per heavy atom. The summed E-state index contributed by atoms with van der Waals surface area (Å²) in [6.07, 6.45) is 1.58. The average Bonchev–Trinajstić information content (AvgIpc) is 2.59. The van der Waals surface area contributed by atoms with E-state index in [1.807, 2.05) is 0 Å². The second-order valence-corrected chi connectivity index (χ2v) is 6.36. The molecular formula is C18H16ClN3O3. The Morgan fingerprint density at radius 1 is 1.28 bits per heavy atom. The Hall–Kier alpha value is -2.70. The van der Waals surface area contributed by atoms with Crippen molar-refractivity contribution >= 4 is 33.9 Å². The minimum absolute atomic E-state index is 0.00440. The number of hydrogen-bond donors (Lipinski definition) is 2. The number of aromatic nitrogens is 1. The second kappa shape index (κ2) is 6.66. The summed E-state index contributed by atoms with van der Waals surface area (Å²) in [5.74, 6) is 0. The number of rotatable bonds is 5. The maximum Gasteiger partial charge on any atom is 0.278 e. The fraction of sp³-hybridized carbons (Fsp3) is 0.167. The fourth-order valence-electron chi connectivity index (χ4n) is 2.65. The number of non-ortho nitro benzene ring substituents is 1. The first-order valence-electron chi connectivity index (χ1n) is 7.63. The van der Waals surface area contributed by atoms with Crippen LogP contribution in [0.25, 0.3) is 10.9 Å². The van der Waals surface area contributed by atoms with Gasteiger partial charge in [0.1, 0.15) is 11.1 Å².